The summed E-state index contributed by atoms with van der Waals surface area (Å²) in [5, 5.41) is 0. The van der Waals surface area contributed by atoms with Gasteiger partial charge in [-0.1, -0.05) is 0 Å². The Morgan fingerprint density at radius 1 is 1.19 bits per heavy atom. The molecule has 2 aliphatic rings. The van der Waals surface area contributed by atoms with Gasteiger partial charge in [-0.2, -0.15) is 13.2 Å². The van der Waals surface area contributed by atoms with Gasteiger partial charge in [0.1, 0.15) is 10.7 Å². The predicted molar refractivity (Wildman–Crippen MR) is 68.1 cm³/mol. The molecule has 116 valence electrons. The average Bonchev–Trinajstić information content (AvgIpc) is 2.99. The molecule has 1 aromatic carbocycles. The van der Waals surface area contributed by atoms with E-state index in [4.69, 9.17) is 0 Å². The normalized spacial score (nSPS) is 25.6. The number of anilines is 1. The van der Waals surface area contributed by atoms with Crippen LogP contribution in [0.4, 0.5) is 23.2 Å². The summed E-state index contributed by atoms with van der Waals surface area (Å²) in [5.41, 5.74) is -5.48. The van der Waals surface area contributed by atoms with E-state index < -0.39 is 26.1 Å². The lowest BCUT2D eigenvalue weighted by molar-refractivity contribution is -0.0435. The van der Waals surface area contributed by atoms with E-state index in [1.165, 1.54) is 0 Å². The summed E-state index contributed by atoms with van der Waals surface area (Å²) in [7, 11) is -5.57. The van der Waals surface area contributed by atoms with Crippen LogP contribution in [0, 0.1) is 11.7 Å². The van der Waals surface area contributed by atoms with Gasteiger partial charge in [-0.05, 0) is 43.4 Å². The molecule has 0 radical (unpaired) electrons. The monoisotopic (exact) mass is 323 g/mol. The van der Waals surface area contributed by atoms with Crippen LogP contribution in [-0.4, -0.2) is 26.5 Å². The summed E-state index contributed by atoms with van der Waals surface area (Å²) >= 11 is 0. The number of hydrogen-bond donors (Lipinski definition) is 0. The van der Waals surface area contributed by atoms with Gasteiger partial charge in [0.2, 0.25) is 0 Å². The van der Waals surface area contributed by atoms with E-state index in [0.717, 1.165) is 31.4 Å². The van der Waals surface area contributed by atoms with Crippen LogP contribution in [0.2, 0.25) is 0 Å². The van der Waals surface area contributed by atoms with Gasteiger partial charge in [0.05, 0.1) is 5.69 Å². The van der Waals surface area contributed by atoms with Crippen LogP contribution in [0.15, 0.2) is 23.1 Å². The van der Waals surface area contributed by atoms with E-state index in [-0.39, 0.29) is 11.7 Å². The van der Waals surface area contributed by atoms with Crippen molar-refractivity contribution in [3.05, 3.63) is 24.0 Å². The van der Waals surface area contributed by atoms with Gasteiger partial charge >= 0.3 is 5.51 Å². The number of sulfone groups is 1. The molecule has 8 heteroatoms. The molecule has 0 N–H and O–H groups in total. The molecule has 2 atom stereocenters. The quantitative estimate of drug-likeness (QED) is 0.785. The Kier molecular flexibility index (Phi) is 3.20. The van der Waals surface area contributed by atoms with Crippen molar-refractivity contribution >= 4 is 15.5 Å². The highest BCUT2D eigenvalue weighted by Crippen LogP contribution is 2.44. The van der Waals surface area contributed by atoms with Crippen LogP contribution in [0.1, 0.15) is 19.3 Å². The number of hydrogen-bond acceptors (Lipinski definition) is 3. The first-order valence-corrected chi connectivity index (χ1v) is 8.06. The lowest BCUT2D eigenvalue weighted by Crippen LogP contribution is -2.34. The molecular weight excluding hydrogens is 310 g/mol. The summed E-state index contributed by atoms with van der Waals surface area (Å²) in [6.45, 7) is 0.524. The first kappa shape index (κ1) is 14.6. The summed E-state index contributed by atoms with van der Waals surface area (Å²) in [4.78, 5) is 0.689. The largest absolute Gasteiger partial charge is 0.501 e. The fourth-order valence-electron chi connectivity index (χ4n) is 3.28. The highest BCUT2D eigenvalue weighted by molar-refractivity contribution is 7.92. The zero-order valence-electron chi connectivity index (χ0n) is 10.9. The smallest absolute Gasteiger partial charge is 0.367 e. The lowest BCUT2D eigenvalue weighted by atomic mass is 10.1. The number of rotatable bonds is 2. The summed E-state index contributed by atoms with van der Waals surface area (Å²) in [6.07, 6.45) is 2.68. The van der Waals surface area contributed by atoms with Gasteiger partial charge in [-0.25, -0.2) is 12.8 Å². The van der Waals surface area contributed by atoms with Gasteiger partial charge in [-0.3, -0.25) is 0 Å². The third kappa shape index (κ3) is 2.29. The zero-order valence-corrected chi connectivity index (χ0v) is 11.7. The van der Waals surface area contributed by atoms with Crippen molar-refractivity contribution in [1.82, 2.24) is 0 Å². The third-order valence-corrected chi connectivity index (χ3v) is 5.75. The van der Waals surface area contributed by atoms with Crippen molar-refractivity contribution in [2.75, 3.05) is 11.4 Å². The van der Waals surface area contributed by atoms with Gasteiger partial charge in [0, 0.05) is 12.6 Å². The standard InChI is InChI=1S/C13H13F4NO2S/c14-9-2-4-11(18-7-8-1-3-10(18)5-8)12(6-9)21(19,20)13(15,16)17/h2,4,6,8,10H,1,3,5,7H2. The molecule has 3 nitrogen and oxygen atoms in total. The molecule has 1 saturated carbocycles. The van der Waals surface area contributed by atoms with E-state index in [2.05, 4.69) is 0 Å². The van der Waals surface area contributed by atoms with Crippen LogP contribution >= 0.6 is 0 Å². The van der Waals surface area contributed by atoms with E-state index in [1.54, 1.807) is 4.90 Å². The molecule has 21 heavy (non-hydrogen) atoms. The molecular formula is C13H13F4NO2S. The maximum Gasteiger partial charge on any atom is 0.501 e. The number of halogens is 4. The molecule has 0 amide bonds. The molecule has 0 aromatic heterocycles. The highest BCUT2D eigenvalue weighted by Gasteiger charge is 2.49. The Hall–Kier alpha value is -1.31. The van der Waals surface area contributed by atoms with Crippen molar-refractivity contribution in [1.29, 1.82) is 0 Å². The van der Waals surface area contributed by atoms with E-state index in [9.17, 15) is 26.0 Å². The molecule has 2 unspecified atom stereocenters. The number of fused-ring (bicyclic) bond motifs is 2. The van der Waals surface area contributed by atoms with Crippen LogP contribution < -0.4 is 4.90 Å². The highest BCUT2D eigenvalue weighted by atomic mass is 32.2. The second-order valence-corrected chi connectivity index (χ2v) is 7.46. The van der Waals surface area contributed by atoms with Crippen molar-refractivity contribution in [2.45, 2.75) is 35.7 Å². The Bertz CT molecular complexity index is 671. The SMILES string of the molecule is O=S(=O)(c1cc(F)ccc1N1CC2CCC1C2)C(F)(F)F. The average molecular weight is 323 g/mol. The molecule has 1 aromatic rings. The molecule has 1 aliphatic carbocycles. The maximum atomic E-state index is 13.3. The molecule has 3 rings (SSSR count). The predicted octanol–water partition coefficient (Wildman–Crippen LogP) is 3.11. The summed E-state index contributed by atoms with van der Waals surface area (Å²) in [5.74, 6) is -0.618. The summed E-state index contributed by atoms with van der Waals surface area (Å²) < 4.78 is 75.0. The minimum Gasteiger partial charge on any atom is -0.367 e. The van der Waals surface area contributed by atoms with Crippen LogP contribution in [0.25, 0.3) is 0 Å². The van der Waals surface area contributed by atoms with Crippen molar-refractivity contribution in [3.63, 3.8) is 0 Å². The Morgan fingerprint density at radius 3 is 2.43 bits per heavy atom. The second-order valence-electron chi connectivity index (χ2n) is 5.55. The van der Waals surface area contributed by atoms with Crippen LogP contribution in [0.5, 0.6) is 0 Å². The maximum absolute atomic E-state index is 13.3. The minimum absolute atomic E-state index is 0.0408. The second kappa shape index (κ2) is 4.59. The Balaban J connectivity index is 2.11. The van der Waals surface area contributed by atoms with Crippen molar-refractivity contribution in [2.24, 2.45) is 5.92 Å². The van der Waals surface area contributed by atoms with Crippen LogP contribution in [-0.2, 0) is 9.84 Å². The lowest BCUT2D eigenvalue weighted by Gasteiger charge is -2.31. The van der Waals surface area contributed by atoms with Gasteiger partial charge in [0.25, 0.3) is 9.84 Å². The van der Waals surface area contributed by atoms with Crippen LogP contribution in [0.3, 0.4) is 0 Å². The fourth-order valence-corrected chi connectivity index (χ4v) is 4.26. The zero-order chi connectivity index (χ0) is 15.4. The van der Waals surface area contributed by atoms with E-state index >= 15 is 0 Å². The fraction of sp³-hybridized carbons (Fsp3) is 0.538. The number of alkyl halides is 3. The van der Waals surface area contributed by atoms with E-state index in [1.807, 2.05) is 0 Å². The molecule has 1 saturated heterocycles. The molecule has 1 aliphatic heterocycles. The van der Waals surface area contributed by atoms with Crippen molar-refractivity contribution in [3.8, 4) is 0 Å². The molecule has 2 bridgehead atoms. The van der Waals surface area contributed by atoms with Gasteiger partial charge < -0.3 is 4.90 Å². The first-order chi connectivity index (χ1) is 9.70. The molecule has 1 heterocycles. The number of nitrogens with zero attached hydrogens (tertiary/aromatic N) is 1. The molecule has 0 spiro atoms. The Morgan fingerprint density at radius 2 is 1.90 bits per heavy atom. The van der Waals surface area contributed by atoms with E-state index in [0.29, 0.717) is 18.5 Å². The third-order valence-electron chi connectivity index (χ3n) is 4.23. The summed E-state index contributed by atoms with van der Waals surface area (Å²) in [6, 6.07) is 2.64. The number of piperidine rings is 1. The van der Waals surface area contributed by atoms with Crippen molar-refractivity contribution < 1.29 is 26.0 Å². The van der Waals surface area contributed by atoms with Gasteiger partial charge in [0.15, 0.2) is 0 Å². The topological polar surface area (TPSA) is 37.4 Å². The Labute approximate surface area is 119 Å². The molecule has 2 fully saturated rings. The van der Waals surface area contributed by atoms with Gasteiger partial charge in [-0.15, -0.1) is 0 Å². The number of benzene rings is 1. The minimum atomic E-state index is -5.57. The first-order valence-electron chi connectivity index (χ1n) is 6.57.